The molecule has 0 saturated carbocycles. The lowest BCUT2D eigenvalue weighted by Gasteiger charge is -2.38. The third kappa shape index (κ3) is 3.13. The number of hydrogen-bond donors (Lipinski definition) is 1. The van der Waals surface area contributed by atoms with Crippen LogP contribution >= 0.6 is 0 Å². The zero-order valence-corrected chi connectivity index (χ0v) is 12.6. The average molecular weight is 303 g/mol. The number of nitrogens with zero attached hydrogens (tertiary/aromatic N) is 2. The molecule has 0 unspecified atom stereocenters. The van der Waals surface area contributed by atoms with Gasteiger partial charge in [0.15, 0.2) is 5.79 Å². The summed E-state index contributed by atoms with van der Waals surface area (Å²) in [6.45, 7) is 7.12. The third-order valence-corrected chi connectivity index (χ3v) is 4.09. The normalized spacial score (nSPS) is 20.1. The SMILES string of the molecule is C=CCNC(=O)c1ccc(N2CCC3(CC2)OCCO3)cn1. The molecular formula is C16H21N3O3. The number of aromatic nitrogens is 1. The van der Waals surface area contributed by atoms with E-state index in [0.717, 1.165) is 31.6 Å². The first kappa shape index (κ1) is 15.0. The van der Waals surface area contributed by atoms with Crippen LogP contribution in [0, 0.1) is 0 Å². The molecule has 2 aliphatic heterocycles. The van der Waals surface area contributed by atoms with Gasteiger partial charge in [-0.1, -0.05) is 6.08 Å². The largest absolute Gasteiger partial charge is 0.370 e. The summed E-state index contributed by atoms with van der Waals surface area (Å²) < 4.78 is 11.5. The first-order chi connectivity index (χ1) is 10.7. The summed E-state index contributed by atoms with van der Waals surface area (Å²) in [5.74, 6) is -0.550. The second kappa shape index (κ2) is 6.46. The molecule has 1 N–H and O–H groups in total. The molecule has 0 aliphatic carbocycles. The van der Waals surface area contributed by atoms with Crippen molar-refractivity contribution in [2.45, 2.75) is 18.6 Å². The minimum Gasteiger partial charge on any atom is -0.370 e. The van der Waals surface area contributed by atoms with Gasteiger partial charge in [-0.05, 0) is 12.1 Å². The van der Waals surface area contributed by atoms with Gasteiger partial charge in [-0.25, -0.2) is 4.98 Å². The highest BCUT2D eigenvalue weighted by Crippen LogP contribution is 2.32. The number of nitrogens with one attached hydrogen (secondary N) is 1. The molecule has 1 amide bonds. The van der Waals surface area contributed by atoms with Gasteiger partial charge in [0.05, 0.1) is 25.1 Å². The molecule has 22 heavy (non-hydrogen) atoms. The Balaban J connectivity index is 1.59. The van der Waals surface area contributed by atoms with Crippen LogP contribution in [0.5, 0.6) is 0 Å². The Kier molecular flexibility index (Phi) is 4.40. The standard InChI is InChI=1S/C16H21N3O3/c1-2-7-17-15(20)14-4-3-13(12-18-14)19-8-5-16(6-9-19)21-10-11-22-16/h2-4,12H,1,5-11H2,(H,17,20). The molecule has 0 atom stereocenters. The van der Waals surface area contributed by atoms with Gasteiger partial charge in [0, 0.05) is 32.5 Å². The van der Waals surface area contributed by atoms with E-state index < -0.39 is 0 Å². The molecule has 1 aromatic heterocycles. The molecule has 6 heteroatoms. The Morgan fingerprint density at radius 2 is 2.09 bits per heavy atom. The zero-order chi connectivity index (χ0) is 15.4. The van der Waals surface area contributed by atoms with E-state index >= 15 is 0 Å². The first-order valence-electron chi connectivity index (χ1n) is 7.60. The number of hydrogen-bond acceptors (Lipinski definition) is 5. The number of carbonyl (C=O) groups excluding carboxylic acids is 1. The maximum atomic E-state index is 11.8. The van der Waals surface area contributed by atoms with Crippen molar-refractivity contribution in [1.82, 2.24) is 10.3 Å². The number of pyridine rings is 1. The Hall–Kier alpha value is -1.92. The summed E-state index contributed by atoms with van der Waals surface area (Å²) in [7, 11) is 0. The lowest BCUT2D eigenvalue weighted by Crippen LogP contribution is -2.45. The van der Waals surface area contributed by atoms with Crippen LogP contribution in [-0.4, -0.2) is 49.5 Å². The van der Waals surface area contributed by atoms with Crippen molar-refractivity contribution in [2.24, 2.45) is 0 Å². The monoisotopic (exact) mass is 303 g/mol. The Bertz CT molecular complexity index is 528. The molecule has 118 valence electrons. The number of ether oxygens (including phenoxy) is 2. The molecule has 6 nitrogen and oxygen atoms in total. The van der Waals surface area contributed by atoms with Crippen molar-refractivity contribution in [3.63, 3.8) is 0 Å². The van der Waals surface area contributed by atoms with E-state index in [4.69, 9.17) is 9.47 Å². The fraction of sp³-hybridized carbons (Fsp3) is 0.500. The number of anilines is 1. The molecule has 3 rings (SSSR count). The van der Waals surface area contributed by atoms with E-state index in [0.29, 0.717) is 25.5 Å². The van der Waals surface area contributed by atoms with E-state index in [1.807, 2.05) is 6.07 Å². The lowest BCUT2D eigenvalue weighted by molar-refractivity contribution is -0.169. The van der Waals surface area contributed by atoms with Gasteiger partial charge in [0.1, 0.15) is 5.69 Å². The molecule has 0 radical (unpaired) electrons. The maximum absolute atomic E-state index is 11.8. The van der Waals surface area contributed by atoms with Gasteiger partial charge in [0.2, 0.25) is 0 Å². The van der Waals surface area contributed by atoms with Crippen LogP contribution in [0.4, 0.5) is 5.69 Å². The second-order valence-electron chi connectivity index (χ2n) is 5.49. The smallest absolute Gasteiger partial charge is 0.270 e. The third-order valence-electron chi connectivity index (χ3n) is 4.09. The zero-order valence-electron chi connectivity index (χ0n) is 12.6. The summed E-state index contributed by atoms with van der Waals surface area (Å²) in [6.07, 6.45) is 5.10. The van der Waals surface area contributed by atoms with Gasteiger partial charge in [-0.2, -0.15) is 0 Å². The Morgan fingerprint density at radius 1 is 1.36 bits per heavy atom. The summed E-state index contributed by atoms with van der Waals surface area (Å²) in [5.41, 5.74) is 1.44. The number of piperidine rings is 1. The van der Waals surface area contributed by atoms with E-state index in [2.05, 4.69) is 21.8 Å². The highest BCUT2D eigenvalue weighted by atomic mass is 16.7. The number of carbonyl (C=O) groups is 1. The fourth-order valence-electron chi connectivity index (χ4n) is 2.85. The van der Waals surface area contributed by atoms with Crippen LogP contribution in [-0.2, 0) is 9.47 Å². The van der Waals surface area contributed by atoms with E-state index in [-0.39, 0.29) is 11.7 Å². The fourth-order valence-corrected chi connectivity index (χ4v) is 2.85. The van der Waals surface area contributed by atoms with Crippen LogP contribution in [0.3, 0.4) is 0 Å². The summed E-state index contributed by atoms with van der Waals surface area (Å²) >= 11 is 0. The van der Waals surface area contributed by atoms with Crippen LogP contribution in [0.25, 0.3) is 0 Å². The summed E-state index contributed by atoms with van der Waals surface area (Å²) in [5, 5.41) is 2.71. The van der Waals surface area contributed by atoms with Gasteiger partial charge in [0.25, 0.3) is 5.91 Å². The van der Waals surface area contributed by atoms with Crippen molar-refractivity contribution in [3.8, 4) is 0 Å². The van der Waals surface area contributed by atoms with Gasteiger partial charge in [-0.3, -0.25) is 4.79 Å². The van der Waals surface area contributed by atoms with Crippen LogP contribution < -0.4 is 10.2 Å². The molecule has 2 aliphatic rings. The molecule has 1 spiro atoms. The molecule has 3 heterocycles. The number of rotatable bonds is 4. The first-order valence-corrected chi connectivity index (χ1v) is 7.60. The molecule has 0 bridgehead atoms. The molecule has 0 aromatic carbocycles. The predicted octanol–water partition coefficient (Wildman–Crippen LogP) is 1.34. The summed E-state index contributed by atoms with van der Waals surface area (Å²) in [4.78, 5) is 18.3. The highest BCUT2D eigenvalue weighted by Gasteiger charge is 2.39. The van der Waals surface area contributed by atoms with Crippen molar-refractivity contribution in [3.05, 3.63) is 36.7 Å². The average Bonchev–Trinajstić information content (AvgIpc) is 3.02. The van der Waals surface area contributed by atoms with E-state index in [1.165, 1.54) is 0 Å². The minimum absolute atomic E-state index is 0.184. The highest BCUT2D eigenvalue weighted by molar-refractivity contribution is 5.92. The van der Waals surface area contributed by atoms with Gasteiger partial charge in [-0.15, -0.1) is 6.58 Å². The van der Waals surface area contributed by atoms with Crippen LogP contribution in [0.2, 0.25) is 0 Å². The van der Waals surface area contributed by atoms with Gasteiger partial charge < -0.3 is 19.7 Å². The maximum Gasteiger partial charge on any atom is 0.270 e. The topological polar surface area (TPSA) is 63.7 Å². The minimum atomic E-state index is -0.367. The quantitative estimate of drug-likeness (QED) is 0.851. The number of amides is 1. The molecule has 2 fully saturated rings. The molecule has 1 aromatic rings. The van der Waals surface area contributed by atoms with Crippen molar-refractivity contribution in [1.29, 1.82) is 0 Å². The summed E-state index contributed by atoms with van der Waals surface area (Å²) in [6, 6.07) is 3.69. The lowest BCUT2D eigenvalue weighted by atomic mass is 10.0. The second-order valence-corrected chi connectivity index (χ2v) is 5.49. The van der Waals surface area contributed by atoms with Crippen molar-refractivity contribution in [2.75, 3.05) is 37.7 Å². The van der Waals surface area contributed by atoms with E-state index in [1.54, 1.807) is 18.3 Å². The van der Waals surface area contributed by atoms with Crippen molar-refractivity contribution >= 4 is 11.6 Å². The predicted molar refractivity (Wildman–Crippen MR) is 82.8 cm³/mol. The van der Waals surface area contributed by atoms with Crippen LogP contribution in [0.15, 0.2) is 31.0 Å². The molecular weight excluding hydrogens is 282 g/mol. The Morgan fingerprint density at radius 3 is 2.68 bits per heavy atom. The van der Waals surface area contributed by atoms with Crippen molar-refractivity contribution < 1.29 is 14.3 Å². The van der Waals surface area contributed by atoms with E-state index in [9.17, 15) is 4.79 Å². The molecule has 2 saturated heterocycles. The van der Waals surface area contributed by atoms with Gasteiger partial charge >= 0.3 is 0 Å². The van der Waals surface area contributed by atoms with Crippen LogP contribution in [0.1, 0.15) is 23.3 Å². The Labute approximate surface area is 130 Å².